The summed E-state index contributed by atoms with van der Waals surface area (Å²) in [6.45, 7) is 8.55. The van der Waals surface area contributed by atoms with Crippen LogP contribution in [0.15, 0.2) is 23.0 Å². The average Bonchev–Trinajstić information content (AvgIpc) is 2.19. The standard InChI is InChI=1S/C14H22NO2/c1-10-9-11(14(2,3)4)7-8-12(10)17-13(16)15(5)6/h8-9H,7H2,1-6H3. The number of carbonyl (C=O) groups is 1. The third-order valence-electron chi connectivity index (χ3n) is 2.81. The van der Waals surface area contributed by atoms with Crippen molar-refractivity contribution in [2.75, 3.05) is 14.1 Å². The molecule has 1 radical (unpaired) electrons. The summed E-state index contributed by atoms with van der Waals surface area (Å²) in [5.74, 6) is 0.678. The third kappa shape index (κ3) is 3.62. The SMILES string of the molecule is CC1=C(OC(=O)N(C)C)[CH]CC(C(C)(C)C)=C1. The van der Waals surface area contributed by atoms with Gasteiger partial charge in [0.2, 0.25) is 0 Å². The molecule has 0 spiro atoms. The Balaban J connectivity index is 2.84. The molecule has 1 rings (SSSR count). The maximum atomic E-state index is 11.5. The van der Waals surface area contributed by atoms with E-state index in [0.29, 0.717) is 5.76 Å². The lowest BCUT2D eigenvalue weighted by molar-refractivity contribution is 0.147. The minimum atomic E-state index is -0.330. The zero-order chi connectivity index (χ0) is 13.2. The number of allylic oxidation sites excluding steroid dienone is 4. The second kappa shape index (κ2) is 4.94. The van der Waals surface area contributed by atoms with Crippen LogP contribution in [0, 0.1) is 11.8 Å². The third-order valence-corrected chi connectivity index (χ3v) is 2.81. The van der Waals surface area contributed by atoms with E-state index in [2.05, 4.69) is 26.8 Å². The van der Waals surface area contributed by atoms with Gasteiger partial charge in [0.15, 0.2) is 0 Å². The molecule has 17 heavy (non-hydrogen) atoms. The number of ether oxygens (including phenoxy) is 1. The Kier molecular flexibility index (Phi) is 4.02. The lowest BCUT2D eigenvalue weighted by Gasteiger charge is -2.27. The molecule has 95 valence electrons. The maximum Gasteiger partial charge on any atom is 0.414 e. The van der Waals surface area contributed by atoms with Crippen LogP contribution in [0.1, 0.15) is 34.1 Å². The van der Waals surface area contributed by atoms with E-state index in [1.807, 2.05) is 13.3 Å². The monoisotopic (exact) mass is 236 g/mol. The first kappa shape index (κ1) is 13.8. The highest BCUT2D eigenvalue weighted by Gasteiger charge is 2.23. The Labute approximate surface area is 104 Å². The quantitative estimate of drug-likeness (QED) is 0.697. The van der Waals surface area contributed by atoms with Gasteiger partial charge in [-0.3, -0.25) is 0 Å². The minimum Gasteiger partial charge on any atom is -0.414 e. The van der Waals surface area contributed by atoms with Gasteiger partial charge in [0.05, 0.1) is 0 Å². The average molecular weight is 236 g/mol. The van der Waals surface area contributed by atoms with E-state index in [0.717, 1.165) is 12.0 Å². The topological polar surface area (TPSA) is 29.5 Å². The summed E-state index contributed by atoms with van der Waals surface area (Å²) >= 11 is 0. The largest absolute Gasteiger partial charge is 0.414 e. The van der Waals surface area contributed by atoms with Crippen molar-refractivity contribution in [3.05, 3.63) is 29.4 Å². The summed E-state index contributed by atoms with van der Waals surface area (Å²) in [5, 5.41) is 0. The minimum absolute atomic E-state index is 0.162. The molecule has 1 aliphatic rings. The summed E-state index contributed by atoms with van der Waals surface area (Å²) in [5.41, 5.74) is 2.53. The van der Waals surface area contributed by atoms with E-state index in [-0.39, 0.29) is 11.5 Å². The molecule has 0 unspecified atom stereocenters. The van der Waals surface area contributed by atoms with Crippen LogP contribution in [0.25, 0.3) is 0 Å². The van der Waals surface area contributed by atoms with Crippen LogP contribution < -0.4 is 0 Å². The lowest BCUT2D eigenvalue weighted by Crippen LogP contribution is -2.24. The predicted molar refractivity (Wildman–Crippen MR) is 69.3 cm³/mol. The van der Waals surface area contributed by atoms with Gasteiger partial charge in [-0.1, -0.05) is 32.4 Å². The summed E-state index contributed by atoms with van der Waals surface area (Å²) < 4.78 is 5.29. The van der Waals surface area contributed by atoms with E-state index in [4.69, 9.17) is 4.74 Å². The van der Waals surface area contributed by atoms with Gasteiger partial charge in [0.25, 0.3) is 0 Å². The van der Waals surface area contributed by atoms with Crippen molar-refractivity contribution in [3.8, 4) is 0 Å². The molecule has 1 amide bonds. The molecule has 0 saturated carbocycles. The zero-order valence-corrected chi connectivity index (χ0v) is 11.6. The molecule has 0 bridgehead atoms. The van der Waals surface area contributed by atoms with Crippen molar-refractivity contribution in [2.24, 2.45) is 5.41 Å². The number of carbonyl (C=O) groups excluding carboxylic acids is 1. The number of hydrogen-bond donors (Lipinski definition) is 0. The summed E-state index contributed by atoms with van der Waals surface area (Å²) in [4.78, 5) is 12.9. The van der Waals surface area contributed by atoms with Gasteiger partial charge >= 0.3 is 6.09 Å². The van der Waals surface area contributed by atoms with Gasteiger partial charge in [-0.2, -0.15) is 0 Å². The molecule has 0 heterocycles. The molecular weight excluding hydrogens is 214 g/mol. The molecule has 0 aromatic heterocycles. The van der Waals surface area contributed by atoms with Gasteiger partial charge in [-0.25, -0.2) is 4.79 Å². The van der Waals surface area contributed by atoms with Gasteiger partial charge < -0.3 is 9.64 Å². The fourth-order valence-corrected chi connectivity index (χ4v) is 1.59. The first-order chi connectivity index (χ1) is 7.71. The molecule has 0 fully saturated rings. The van der Waals surface area contributed by atoms with Crippen molar-refractivity contribution < 1.29 is 9.53 Å². The van der Waals surface area contributed by atoms with E-state index in [9.17, 15) is 4.79 Å². The highest BCUT2D eigenvalue weighted by molar-refractivity contribution is 5.68. The molecular formula is C14H22NO2. The molecule has 3 nitrogen and oxygen atoms in total. The molecule has 0 aromatic carbocycles. The lowest BCUT2D eigenvalue weighted by atomic mass is 9.80. The fourth-order valence-electron chi connectivity index (χ4n) is 1.59. The molecule has 1 aliphatic carbocycles. The Morgan fingerprint density at radius 1 is 1.35 bits per heavy atom. The van der Waals surface area contributed by atoms with Crippen LogP contribution in [-0.2, 0) is 4.74 Å². The van der Waals surface area contributed by atoms with E-state index < -0.39 is 0 Å². The molecule has 0 N–H and O–H groups in total. The molecule has 0 atom stereocenters. The number of amides is 1. The van der Waals surface area contributed by atoms with Crippen molar-refractivity contribution in [3.63, 3.8) is 0 Å². The van der Waals surface area contributed by atoms with Crippen LogP contribution in [0.5, 0.6) is 0 Å². The second-order valence-electron chi connectivity index (χ2n) is 5.64. The van der Waals surface area contributed by atoms with Crippen LogP contribution in [0.4, 0.5) is 4.79 Å². The predicted octanol–water partition coefficient (Wildman–Crippen LogP) is 3.54. The fraction of sp³-hybridized carbons (Fsp3) is 0.571. The smallest absolute Gasteiger partial charge is 0.414 e. The van der Waals surface area contributed by atoms with Gasteiger partial charge in [0, 0.05) is 20.5 Å². The maximum absolute atomic E-state index is 11.5. The van der Waals surface area contributed by atoms with Crippen LogP contribution >= 0.6 is 0 Å². The normalized spacial score (nSPS) is 16.7. The summed E-state index contributed by atoms with van der Waals surface area (Å²) in [6.07, 6.45) is 4.62. The van der Waals surface area contributed by atoms with E-state index in [1.165, 1.54) is 10.5 Å². The van der Waals surface area contributed by atoms with Crippen LogP contribution in [-0.4, -0.2) is 25.1 Å². The van der Waals surface area contributed by atoms with Crippen LogP contribution in [0.3, 0.4) is 0 Å². The molecule has 0 aromatic rings. The van der Waals surface area contributed by atoms with E-state index >= 15 is 0 Å². The van der Waals surface area contributed by atoms with Crippen LogP contribution in [0.2, 0.25) is 0 Å². The Hall–Kier alpha value is -1.25. The zero-order valence-electron chi connectivity index (χ0n) is 11.6. The number of hydrogen-bond acceptors (Lipinski definition) is 2. The Bertz CT molecular complexity index is 370. The van der Waals surface area contributed by atoms with Crippen molar-refractivity contribution >= 4 is 6.09 Å². The van der Waals surface area contributed by atoms with Crippen molar-refractivity contribution in [1.82, 2.24) is 4.90 Å². The Morgan fingerprint density at radius 2 is 1.94 bits per heavy atom. The first-order valence-corrected chi connectivity index (χ1v) is 5.86. The van der Waals surface area contributed by atoms with Crippen molar-refractivity contribution in [1.29, 1.82) is 0 Å². The highest BCUT2D eigenvalue weighted by Crippen LogP contribution is 2.35. The van der Waals surface area contributed by atoms with Crippen molar-refractivity contribution in [2.45, 2.75) is 34.1 Å². The Morgan fingerprint density at radius 3 is 2.35 bits per heavy atom. The first-order valence-electron chi connectivity index (χ1n) is 5.86. The highest BCUT2D eigenvalue weighted by atomic mass is 16.6. The summed E-state index contributed by atoms with van der Waals surface area (Å²) in [6, 6.07) is 0. The number of nitrogens with zero attached hydrogens (tertiary/aromatic N) is 1. The molecule has 0 saturated heterocycles. The summed E-state index contributed by atoms with van der Waals surface area (Å²) in [7, 11) is 3.36. The molecule has 0 aliphatic heterocycles. The molecule has 3 heteroatoms. The van der Waals surface area contributed by atoms with E-state index in [1.54, 1.807) is 14.1 Å². The number of rotatable bonds is 1. The van der Waals surface area contributed by atoms with Gasteiger partial charge in [-0.05, 0) is 24.3 Å². The second-order valence-corrected chi connectivity index (χ2v) is 5.64. The van der Waals surface area contributed by atoms with Gasteiger partial charge in [-0.15, -0.1) is 0 Å². The van der Waals surface area contributed by atoms with Gasteiger partial charge in [0.1, 0.15) is 5.76 Å².